The Morgan fingerprint density at radius 2 is 2.00 bits per heavy atom. The number of anilines is 1. The summed E-state index contributed by atoms with van der Waals surface area (Å²) in [5.74, 6) is -0.336. The number of nitrogens with zero attached hydrogens (tertiary/aromatic N) is 2. The summed E-state index contributed by atoms with van der Waals surface area (Å²) in [7, 11) is -2.09. The second-order valence-electron chi connectivity index (χ2n) is 3.04. The quantitative estimate of drug-likeness (QED) is 0.777. The van der Waals surface area contributed by atoms with E-state index >= 15 is 0 Å². The summed E-state index contributed by atoms with van der Waals surface area (Å²) in [6.07, 6.45) is -0.357. The Bertz CT molecular complexity index is 466. The maximum Gasteiger partial charge on any atom is 0.283 e. The average molecular weight is 266 g/mol. The van der Waals surface area contributed by atoms with E-state index in [1.165, 1.54) is 13.2 Å². The minimum atomic E-state index is -3.37. The zero-order valence-electron chi connectivity index (χ0n) is 9.02. The third-order valence-electron chi connectivity index (χ3n) is 1.91. The van der Waals surface area contributed by atoms with Gasteiger partial charge in [0, 0.05) is 18.9 Å². The second-order valence-corrected chi connectivity index (χ2v) is 5.09. The number of hydrogen-bond donors (Lipinski definition) is 2. The molecule has 0 atom stereocenters. The molecule has 0 spiro atoms. The van der Waals surface area contributed by atoms with Crippen LogP contribution in [0.25, 0.3) is 0 Å². The molecule has 0 aliphatic carbocycles. The molecule has 0 aliphatic rings. The van der Waals surface area contributed by atoms with Crippen molar-refractivity contribution in [2.75, 3.05) is 24.7 Å². The van der Waals surface area contributed by atoms with Crippen molar-refractivity contribution in [3.63, 3.8) is 0 Å². The lowest BCUT2D eigenvalue weighted by atomic mass is 10.4. The van der Waals surface area contributed by atoms with Gasteiger partial charge >= 0.3 is 0 Å². The van der Waals surface area contributed by atoms with Crippen molar-refractivity contribution in [1.29, 1.82) is 0 Å². The summed E-state index contributed by atoms with van der Waals surface area (Å²) in [5, 5.41) is 2.51. The summed E-state index contributed by atoms with van der Waals surface area (Å²) in [4.78, 5) is 7.15. The first-order valence-electron chi connectivity index (χ1n) is 4.70. The van der Waals surface area contributed by atoms with E-state index in [0.29, 0.717) is 0 Å². The van der Waals surface area contributed by atoms with Gasteiger partial charge in [-0.2, -0.15) is 0 Å². The minimum Gasteiger partial charge on any atom is -0.367 e. The predicted octanol–water partition coefficient (Wildman–Crippen LogP) is 0.375. The molecule has 0 bridgehead atoms. The topological polar surface area (TPSA) is 84.0 Å². The molecule has 0 amide bonds. The second kappa shape index (κ2) is 5.82. The zero-order valence-corrected chi connectivity index (χ0v) is 9.84. The van der Waals surface area contributed by atoms with Crippen LogP contribution in [0.3, 0.4) is 0 Å². The highest BCUT2D eigenvalue weighted by Crippen LogP contribution is 2.21. The zero-order chi connectivity index (χ0) is 12.9. The van der Waals surface area contributed by atoms with Crippen molar-refractivity contribution in [2.45, 2.75) is 6.43 Å². The molecule has 2 N–H and O–H groups in total. The summed E-state index contributed by atoms with van der Waals surface area (Å²) >= 11 is 0. The normalized spacial score (nSPS) is 11.8. The number of nitrogens with one attached hydrogen (secondary N) is 2. The first-order valence-corrected chi connectivity index (χ1v) is 6.35. The standard InChI is InChI=1S/C8H12F2N4O2S/c1-11-17(15,16)5-4-14-8-6(7(9)10)12-2-3-13-8/h2-3,7,11H,4-5H2,1H3,(H,13,14). The molecule has 6 nitrogen and oxygen atoms in total. The lowest BCUT2D eigenvalue weighted by Crippen LogP contribution is -2.26. The van der Waals surface area contributed by atoms with Crippen LogP contribution in [-0.4, -0.2) is 37.7 Å². The highest BCUT2D eigenvalue weighted by atomic mass is 32.2. The molecule has 0 unspecified atom stereocenters. The molecule has 1 rings (SSSR count). The number of alkyl halides is 2. The van der Waals surface area contributed by atoms with Crippen LogP contribution in [0.2, 0.25) is 0 Å². The van der Waals surface area contributed by atoms with Crippen LogP contribution in [0.15, 0.2) is 12.4 Å². The Kier molecular flexibility index (Phi) is 4.70. The number of halogens is 2. The smallest absolute Gasteiger partial charge is 0.283 e. The van der Waals surface area contributed by atoms with Gasteiger partial charge in [0.25, 0.3) is 6.43 Å². The first-order chi connectivity index (χ1) is 7.96. The number of hydrogen-bond acceptors (Lipinski definition) is 5. The molecule has 0 aliphatic heterocycles. The fourth-order valence-corrected chi connectivity index (χ4v) is 1.63. The Hall–Kier alpha value is -1.35. The number of rotatable bonds is 6. The molecule has 0 fully saturated rings. The molecule has 0 saturated carbocycles. The molecule has 9 heteroatoms. The van der Waals surface area contributed by atoms with Crippen molar-refractivity contribution in [3.05, 3.63) is 18.1 Å². The fraction of sp³-hybridized carbons (Fsp3) is 0.500. The summed E-state index contributed by atoms with van der Waals surface area (Å²) < 4.78 is 49.2. The summed E-state index contributed by atoms with van der Waals surface area (Å²) in [6, 6.07) is 0. The van der Waals surface area contributed by atoms with Gasteiger partial charge in [0.1, 0.15) is 5.69 Å². The first kappa shape index (κ1) is 13.7. The predicted molar refractivity (Wildman–Crippen MR) is 58.3 cm³/mol. The van der Waals surface area contributed by atoms with Crippen molar-refractivity contribution >= 4 is 15.8 Å². The Labute approximate surface area is 97.5 Å². The van der Waals surface area contributed by atoms with E-state index in [0.717, 1.165) is 6.20 Å². The minimum absolute atomic E-state index is 0.0262. The lowest BCUT2D eigenvalue weighted by molar-refractivity contribution is 0.146. The third-order valence-corrected chi connectivity index (χ3v) is 3.27. The number of aromatic nitrogens is 2. The SMILES string of the molecule is CNS(=O)(=O)CCNc1nccnc1C(F)F. The van der Waals surface area contributed by atoms with Crippen LogP contribution < -0.4 is 10.0 Å². The molecular formula is C8H12F2N4O2S. The van der Waals surface area contributed by atoms with Crippen molar-refractivity contribution < 1.29 is 17.2 Å². The third kappa shape index (κ3) is 4.19. The molecule has 1 aromatic heterocycles. The van der Waals surface area contributed by atoms with E-state index in [9.17, 15) is 17.2 Å². The fourth-order valence-electron chi connectivity index (χ4n) is 1.05. The van der Waals surface area contributed by atoms with E-state index in [1.54, 1.807) is 0 Å². The summed E-state index contributed by atoms with van der Waals surface area (Å²) in [6.45, 7) is -0.0262. The van der Waals surface area contributed by atoms with E-state index in [2.05, 4.69) is 20.0 Å². The Morgan fingerprint density at radius 1 is 1.35 bits per heavy atom. The van der Waals surface area contributed by atoms with Crippen LogP contribution in [-0.2, 0) is 10.0 Å². The van der Waals surface area contributed by atoms with Gasteiger partial charge in [-0.05, 0) is 7.05 Å². The molecule has 1 aromatic rings. The van der Waals surface area contributed by atoms with Gasteiger partial charge < -0.3 is 5.32 Å². The molecule has 0 saturated heterocycles. The van der Waals surface area contributed by atoms with Crippen LogP contribution in [0.4, 0.5) is 14.6 Å². The van der Waals surface area contributed by atoms with Gasteiger partial charge in [-0.15, -0.1) is 0 Å². The lowest BCUT2D eigenvalue weighted by Gasteiger charge is -2.09. The highest BCUT2D eigenvalue weighted by molar-refractivity contribution is 7.89. The molecule has 1 heterocycles. The van der Waals surface area contributed by atoms with Gasteiger partial charge in [-0.1, -0.05) is 0 Å². The van der Waals surface area contributed by atoms with Gasteiger partial charge in [0.05, 0.1) is 5.75 Å². The van der Waals surface area contributed by atoms with E-state index < -0.39 is 22.1 Å². The molecule has 17 heavy (non-hydrogen) atoms. The van der Waals surface area contributed by atoms with Crippen LogP contribution in [0, 0.1) is 0 Å². The van der Waals surface area contributed by atoms with E-state index in [-0.39, 0.29) is 18.1 Å². The largest absolute Gasteiger partial charge is 0.367 e. The Morgan fingerprint density at radius 3 is 2.59 bits per heavy atom. The van der Waals surface area contributed by atoms with Gasteiger partial charge in [0.15, 0.2) is 5.82 Å². The molecular weight excluding hydrogens is 254 g/mol. The maximum absolute atomic E-state index is 12.5. The van der Waals surface area contributed by atoms with Gasteiger partial charge in [-0.3, -0.25) is 0 Å². The van der Waals surface area contributed by atoms with E-state index in [1.807, 2.05) is 0 Å². The molecule has 0 aromatic carbocycles. The van der Waals surface area contributed by atoms with Gasteiger partial charge in [-0.25, -0.2) is 31.9 Å². The molecule has 0 radical (unpaired) electrons. The highest BCUT2D eigenvalue weighted by Gasteiger charge is 2.15. The van der Waals surface area contributed by atoms with Crippen molar-refractivity contribution in [2.24, 2.45) is 0 Å². The van der Waals surface area contributed by atoms with Crippen LogP contribution in [0.5, 0.6) is 0 Å². The maximum atomic E-state index is 12.5. The van der Waals surface area contributed by atoms with Crippen molar-refractivity contribution in [3.8, 4) is 0 Å². The number of sulfonamides is 1. The Balaban J connectivity index is 2.64. The average Bonchev–Trinajstić information content (AvgIpc) is 2.29. The van der Waals surface area contributed by atoms with Crippen LogP contribution in [0.1, 0.15) is 12.1 Å². The van der Waals surface area contributed by atoms with Gasteiger partial charge in [0.2, 0.25) is 10.0 Å². The molecule has 96 valence electrons. The summed E-state index contributed by atoms with van der Waals surface area (Å²) in [5.41, 5.74) is -0.491. The van der Waals surface area contributed by atoms with Crippen molar-refractivity contribution in [1.82, 2.24) is 14.7 Å². The van der Waals surface area contributed by atoms with Crippen LogP contribution >= 0.6 is 0 Å². The van der Waals surface area contributed by atoms with E-state index in [4.69, 9.17) is 0 Å². The monoisotopic (exact) mass is 266 g/mol.